The fourth-order valence-corrected chi connectivity index (χ4v) is 0.795. The highest BCUT2D eigenvalue weighted by Crippen LogP contribution is 2.08. The second-order valence-electron chi connectivity index (χ2n) is 1.43. The van der Waals surface area contributed by atoms with Crippen LogP contribution in [0.15, 0.2) is 17.4 Å². The molecule has 1 rings (SSSR count). The molecule has 1 aromatic heterocycles. The first-order valence-corrected chi connectivity index (χ1v) is 3.64. The molecular formula is C5H6N3S. The third-order valence-electron chi connectivity index (χ3n) is 0.816. The molecule has 0 atom stereocenters. The second kappa shape index (κ2) is 2.68. The Bertz CT molecular complexity index is 201. The number of hydrogen-bond donors (Lipinski definition) is 0. The van der Waals surface area contributed by atoms with Crippen LogP contribution in [-0.2, 0) is 0 Å². The van der Waals surface area contributed by atoms with Gasteiger partial charge in [-0.25, -0.2) is 9.97 Å². The highest BCUT2D eigenvalue weighted by Gasteiger charge is 1.91. The van der Waals surface area contributed by atoms with Crippen molar-refractivity contribution in [2.24, 2.45) is 0 Å². The maximum atomic E-state index is 7.07. The van der Waals surface area contributed by atoms with E-state index in [1.807, 2.05) is 6.26 Å². The van der Waals surface area contributed by atoms with Gasteiger partial charge in [0.2, 0.25) is 0 Å². The van der Waals surface area contributed by atoms with Crippen LogP contribution in [-0.4, -0.2) is 16.2 Å². The van der Waals surface area contributed by atoms with Crippen molar-refractivity contribution in [2.75, 3.05) is 6.26 Å². The highest BCUT2D eigenvalue weighted by atomic mass is 32.2. The number of rotatable bonds is 1. The van der Waals surface area contributed by atoms with Crippen LogP contribution in [0.5, 0.6) is 0 Å². The fraction of sp³-hybridized carbons (Fsp3) is 0.200. The van der Waals surface area contributed by atoms with Gasteiger partial charge in [0.1, 0.15) is 5.82 Å². The average Bonchev–Trinajstić information content (AvgIpc) is 1.88. The van der Waals surface area contributed by atoms with E-state index in [9.17, 15) is 0 Å². The smallest absolute Gasteiger partial charge is 0.189 e. The van der Waals surface area contributed by atoms with Gasteiger partial charge in [0.25, 0.3) is 0 Å². The summed E-state index contributed by atoms with van der Waals surface area (Å²) in [5.74, 6) is 0.273. The standard InChI is InChI=1S/C5H6N3S/c1-9-5-7-3-2-4(6)8-5/h2-3,6H,1H3. The van der Waals surface area contributed by atoms with Gasteiger partial charge in [-0.05, 0) is 6.26 Å². The predicted molar refractivity (Wildman–Crippen MR) is 36.6 cm³/mol. The van der Waals surface area contributed by atoms with Gasteiger partial charge in [-0.1, -0.05) is 11.8 Å². The molecular weight excluding hydrogens is 134 g/mol. The van der Waals surface area contributed by atoms with E-state index < -0.39 is 0 Å². The highest BCUT2D eigenvalue weighted by molar-refractivity contribution is 7.98. The summed E-state index contributed by atoms with van der Waals surface area (Å²) >= 11 is 1.44. The molecule has 0 bridgehead atoms. The Hall–Kier alpha value is -0.770. The van der Waals surface area contributed by atoms with Crippen LogP contribution in [0.1, 0.15) is 0 Å². The molecule has 0 aromatic carbocycles. The molecule has 0 unspecified atom stereocenters. The van der Waals surface area contributed by atoms with Crippen molar-refractivity contribution in [1.82, 2.24) is 15.7 Å². The van der Waals surface area contributed by atoms with Crippen LogP contribution in [0.2, 0.25) is 0 Å². The lowest BCUT2D eigenvalue weighted by Crippen LogP contribution is -1.84. The summed E-state index contributed by atoms with van der Waals surface area (Å²) in [7, 11) is 0. The summed E-state index contributed by atoms with van der Waals surface area (Å²) in [5.41, 5.74) is 7.07. The van der Waals surface area contributed by atoms with Crippen LogP contribution in [0, 0.1) is 0 Å². The van der Waals surface area contributed by atoms with E-state index in [1.165, 1.54) is 11.8 Å². The van der Waals surface area contributed by atoms with Gasteiger partial charge in [0.05, 0.1) is 0 Å². The Morgan fingerprint density at radius 3 is 2.89 bits per heavy atom. The lowest BCUT2D eigenvalue weighted by molar-refractivity contribution is 0.962. The van der Waals surface area contributed by atoms with E-state index in [1.54, 1.807) is 12.3 Å². The van der Waals surface area contributed by atoms with Gasteiger partial charge in [-0.2, -0.15) is 0 Å². The monoisotopic (exact) mass is 140 g/mol. The lowest BCUT2D eigenvalue weighted by atomic mass is 10.6. The van der Waals surface area contributed by atoms with Crippen molar-refractivity contribution < 1.29 is 0 Å². The zero-order valence-corrected chi connectivity index (χ0v) is 5.77. The van der Waals surface area contributed by atoms with Crippen LogP contribution in [0.4, 0.5) is 5.82 Å². The topological polar surface area (TPSA) is 49.6 Å². The number of nitrogens with zero attached hydrogens (tertiary/aromatic N) is 2. The van der Waals surface area contributed by atoms with Gasteiger partial charge in [0.15, 0.2) is 5.16 Å². The molecule has 1 heterocycles. The molecule has 9 heavy (non-hydrogen) atoms. The average molecular weight is 140 g/mol. The van der Waals surface area contributed by atoms with Gasteiger partial charge >= 0.3 is 0 Å². The van der Waals surface area contributed by atoms with Crippen LogP contribution in [0.3, 0.4) is 0 Å². The first kappa shape index (κ1) is 6.35. The molecule has 0 aliphatic heterocycles. The van der Waals surface area contributed by atoms with Crippen molar-refractivity contribution in [3.63, 3.8) is 0 Å². The summed E-state index contributed by atoms with van der Waals surface area (Å²) in [4.78, 5) is 7.70. The second-order valence-corrected chi connectivity index (χ2v) is 2.20. The molecule has 0 amide bonds. The minimum absolute atomic E-state index is 0.273. The minimum atomic E-state index is 0.273. The predicted octanol–water partition coefficient (Wildman–Crippen LogP) is 1.11. The first-order valence-electron chi connectivity index (χ1n) is 2.41. The Morgan fingerprint density at radius 2 is 2.44 bits per heavy atom. The summed E-state index contributed by atoms with van der Waals surface area (Å²) in [5, 5.41) is 0.655. The van der Waals surface area contributed by atoms with Gasteiger partial charge < -0.3 is 0 Å². The molecule has 3 nitrogen and oxygen atoms in total. The molecule has 0 fully saturated rings. The Balaban J connectivity index is 2.94. The van der Waals surface area contributed by atoms with E-state index in [-0.39, 0.29) is 5.82 Å². The Labute approximate surface area is 57.7 Å². The molecule has 0 saturated heterocycles. The molecule has 0 saturated carbocycles. The normalized spacial score (nSPS) is 9.44. The molecule has 47 valence electrons. The van der Waals surface area contributed by atoms with E-state index in [0.717, 1.165) is 0 Å². The molecule has 1 N–H and O–H groups in total. The SMILES string of the molecule is CSc1nccc([NH])n1. The summed E-state index contributed by atoms with van der Waals surface area (Å²) in [6.45, 7) is 0. The van der Waals surface area contributed by atoms with Gasteiger partial charge in [-0.3, -0.25) is 5.73 Å². The number of nitrogens with one attached hydrogen (secondary N) is 1. The van der Waals surface area contributed by atoms with Crippen molar-refractivity contribution in [1.29, 1.82) is 0 Å². The third-order valence-corrected chi connectivity index (χ3v) is 1.38. The third kappa shape index (κ3) is 1.57. The maximum absolute atomic E-state index is 7.07. The number of thioether (sulfide) groups is 1. The number of hydrogen-bond acceptors (Lipinski definition) is 3. The molecule has 0 aliphatic rings. The van der Waals surface area contributed by atoms with E-state index in [4.69, 9.17) is 5.73 Å². The van der Waals surface area contributed by atoms with Crippen LogP contribution in [0.25, 0.3) is 0 Å². The van der Waals surface area contributed by atoms with E-state index in [2.05, 4.69) is 9.97 Å². The Kier molecular flexibility index (Phi) is 1.89. The molecule has 4 heteroatoms. The van der Waals surface area contributed by atoms with Gasteiger partial charge in [-0.15, -0.1) is 0 Å². The number of aromatic nitrogens is 2. The fourth-order valence-electron chi connectivity index (χ4n) is 0.439. The summed E-state index contributed by atoms with van der Waals surface area (Å²) < 4.78 is 0. The van der Waals surface area contributed by atoms with Gasteiger partial charge in [0, 0.05) is 12.3 Å². The first-order chi connectivity index (χ1) is 4.33. The maximum Gasteiger partial charge on any atom is 0.189 e. The van der Waals surface area contributed by atoms with Crippen LogP contribution >= 0.6 is 11.8 Å². The quantitative estimate of drug-likeness (QED) is 0.433. The molecule has 0 aliphatic carbocycles. The van der Waals surface area contributed by atoms with Crippen molar-refractivity contribution >= 4 is 17.6 Å². The minimum Gasteiger partial charge on any atom is -0.283 e. The van der Waals surface area contributed by atoms with Crippen LogP contribution < -0.4 is 5.73 Å². The zero-order chi connectivity index (χ0) is 6.69. The van der Waals surface area contributed by atoms with Crippen molar-refractivity contribution in [3.8, 4) is 0 Å². The van der Waals surface area contributed by atoms with E-state index >= 15 is 0 Å². The summed E-state index contributed by atoms with van der Waals surface area (Å²) in [6, 6.07) is 1.56. The largest absolute Gasteiger partial charge is 0.283 e. The Morgan fingerprint density at radius 1 is 1.67 bits per heavy atom. The lowest BCUT2D eigenvalue weighted by Gasteiger charge is -1.91. The van der Waals surface area contributed by atoms with Crippen molar-refractivity contribution in [2.45, 2.75) is 5.16 Å². The van der Waals surface area contributed by atoms with Crippen molar-refractivity contribution in [3.05, 3.63) is 12.3 Å². The zero-order valence-electron chi connectivity index (χ0n) is 4.96. The molecule has 1 aromatic rings. The van der Waals surface area contributed by atoms with E-state index in [0.29, 0.717) is 5.16 Å². The summed E-state index contributed by atoms with van der Waals surface area (Å²) in [6.07, 6.45) is 3.47. The molecule has 0 spiro atoms. The molecule has 1 radical (unpaired) electrons.